The molecular weight excluding hydrogens is 391 g/mol. The highest BCUT2D eigenvalue weighted by atomic mass is 79.9. The van der Waals surface area contributed by atoms with Gasteiger partial charge in [-0.15, -0.1) is 11.3 Å². The molecular formula is C12H7BrCl2O2S2. The van der Waals surface area contributed by atoms with Crippen molar-refractivity contribution in [2.24, 2.45) is 0 Å². The van der Waals surface area contributed by atoms with Crippen molar-refractivity contribution in [1.82, 2.24) is 0 Å². The van der Waals surface area contributed by atoms with Gasteiger partial charge in [-0.25, -0.2) is 0 Å². The quantitative estimate of drug-likeness (QED) is 0.693. The summed E-state index contributed by atoms with van der Waals surface area (Å²) in [6.07, 6.45) is 0. The van der Waals surface area contributed by atoms with E-state index in [0.29, 0.717) is 19.1 Å². The lowest BCUT2D eigenvalue weighted by Crippen LogP contribution is -2.10. The number of Topliss-reactive ketones (excluding diaryl/α,β-unsaturated/α-hetero) is 1. The SMILES string of the molecule is O=C(CS(=O)c1cccc(Br)c1)c1cc(Cl)sc1Cl. The molecule has 0 radical (unpaired) electrons. The summed E-state index contributed by atoms with van der Waals surface area (Å²) < 4.78 is 13.7. The highest BCUT2D eigenvalue weighted by Gasteiger charge is 2.17. The third kappa shape index (κ3) is 3.89. The van der Waals surface area contributed by atoms with Gasteiger partial charge in [0.1, 0.15) is 4.34 Å². The fraction of sp³-hybridized carbons (Fsp3) is 0.0833. The van der Waals surface area contributed by atoms with E-state index in [9.17, 15) is 9.00 Å². The predicted molar refractivity (Wildman–Crippen MR) is 84.1 cm³/mol. The van der Waals surface area contributed by atoms with Crippen LogP contribution in [-0.2, 0) is 10.8 Å². The molecule has 1 unspecified atom stereocenters. The third-order valence-corrected chi connectivity index (χ3v) is 5.56. The van der Waals surface area contributed by atoms with Crippen LogP contribution >= 0.6 is 50.5 Å². The summed E-state index contributed by atoms with van der Waals surface area (Å²) in [6, 6.07) is 8.56. The Morgan fingerprint density at radius 2 is 2.05 bits per heavy atom. The second-order valence-electron chi connectivity index (χ2n) is 3.61. The topological polar surface area (TPSA) is 34.1 Å². The third-order valence-electron chi connectivity index (χ3n) is 2.28. The number of carbonyl (C=O) groups is 1. The monoisotopic (exact) mass is 396 g/mol. The lowest BCUT2D eigenvalue weighted by atomic mass is 10.2. The number of hydrogen-bond acceptors (Lipinski definition) is 3. The summed E-state index contributed by atoms with van der Waals surface area (Å²) in [6.45, 7) is 0. The van der Waals surface area contributed by atoms with E-state index in [1.54, 1.807) is 18.2 Å². The Balaban J connectivity index is 2.15. The molecule has 0 saturated heterocycles. The van der Waals surface area contributed by atoms with Gasteiger partial charge in [0.2, 0.25) is 0 Å². The minimum atomic E-state index is -1.40. The molecule has 1 atom stereocenters. The van der Waals surface area contributed by atoms with E-state index in [-0.39, 0.29) is 11.5 Å². The molecule has 0 saturated carbocycles. The Hall–Kier alpha value is -0.200. The Morgan fingerprint density at radius 1 is 1.32 bits per heavy atom. The maximum Gasteiger partial charge on any atom is 0.178 e. The zero-order valence-corrected chi connectivity index (χ0v) is 14.1. The first-order chi connectivity index (χ1) is 8.97. The molecule has 2 aromatic rings. The number of ketones is 1. The van der Waals surface area contributed by atoms with Crippen molar-refractivity contribution in [2.75, 3.05) is 5.75 Å². The molecule has 7 heteroatoms. The van der Waals surface area contributed by atoms with E-state index < -0.39 is 10.8 Å². The number of hydrogen-bond donors (Lipinski definition) is 0. The fourth-order valence-electron chi connectivity index (χ4n) is 1.42. The number of carbonyl (C=O) groups excluding carboxylic acids is 1. The largest absolute Gasteiger partial charge is 0.293 e. The highest BCUT2D eigenvalue weighted by Crippen LogP contribution is 2.31. The first-order valence-electron chi connectivity index (χ1n) is 5.09. The Bertz CT molecular complexity index is 655. The molecule has 19 heavy (non-hydrogen) atoms. The van der Waals surface area contributed by atoms with Crippen molar-refractivity contribution in [3.05, 3.63) is 49.0 Å². The van der Waals surface area contributed by atoms with Crippen LogP contribution in [0, 0.1) is 0 Å². The van der Waals surface area contributed by atoms with Crippen LogP contribution in [0.2, 0.25) is 8.67 Å². The molecule has 1 aromatic heterocycles. The van der Waals surface area contributed by atoms with E-state index in [4.69, 9.17) is 23.2 Å². The summed E-state index contributed by atoms with van der Waals surface area (Å²) >= 11 is 16.1. The minimum absolute atomic E-state index is 0.108. The molecule has 1 heterocycles. The zero-order valence-electron chi connectivity index (χ0n) is 9.36. The van der Waals surface area contributed by atoms with Crippen LogP contribution in [0.3, 0.4) is 0 Å². The van der Waals surface area contributed by atoms with Crippen LogP contribution in [0.25, 0.3) is 0 Å². The van der Waals surface area contributed by atoms with Crippen LogP contribution < -0.4 is 0 Å². The standard InChI is InChI=1S/C12H7BrCl2O2S2/c13-7-2-1-3-8(4-7)19(17)6-10(16)9-5-11(14)18-12(9)15/h1-5H,6H2. The van der Waals surface area contributed by atoms with Gasteiger partial charge in [0, 0.05) is 14.9 Å². The van der Waals surface area contributed by atoms with Crippen molar-refractivity contribution in [3.8, 4) is 0 Å². The van der Waals surface area contributed by atoms with Gasteiger partial charge in [0.25, 0.3) is 0 Å². The Kier molecular flexibility index (Phi) is 5.20. The van der Waals surface area contributed by atoms with Gasteiger partial charge in [0.05, 0.1) is 20.9 Å². The van der Waals surface area contributed by atoms with Gasteiger partial charge in [0.15, 0.2) is 5.78 Å². The van der Waals surface area contributed by atoms with Crippen molar-refractivity contribution < 1.29 is 9.00 Å². The van der Waals surface area contributed by atoms with Crippen LogP contribution in [-0.4, -0.2) is 15.7 Å². The van der Waals surface area contributed by atoms with E-state index >= 15 is 0 Å². The van der Waals surface area contributed by atoms with Gasteiger partial charge in [-0.05, 0) is 24.3 Å². The van der Waals surface area contributed by atoms with Gasteiger partial charge in [-0.2, -0.15) is 0 Å². The van der Waals surface area contributed by atoms with E-state index in [1.807, 2.05) is 6.07 Å². The van der Waals surface area contributed by atoms with E-state index in [2.05, 4.69) is 15.9 Å². The normalized spacial score (nSPS) is 12.4. The molecule has 0 aliphatic carbocycles. The second-order valence-corrected chi connectivity index (χ2v) is 8.26. The molecule has 2 rings (SSSR count). The minimum Gasteiger partial charge on any atom is -0.293 e. The van der Waals surface area contributed by atoms with E-state index in [1.165, 1.54) is 6.07 Å². The van der Waals surface area contributed by atoms with Crippen LogP contribution in [0.1, 0.15) is 10.4 Å². The maximum atomic E-state index is 12.1. The molecule has 1 aromatic carbocycles. The van der Waals surface area contributed by atoms with Gasteiger partial charge in [-0.3, -0.25) is 9.00 Å². The fourth-order valence-corrected chi connectivity index (χ4v) is 4.52. The smallest absolute Gasteiger partial charge is 0.178 e. The molecule has 0 aliphatic heterocycles. The lowest BCUT2D eigenvalue weighted by Gasteiger charge is -2.02. The van der Waals surface area contributed by atoms with Gasteiger partial charge >= 0.3 is 0 Å². The summed E-state index contributed by atoms with van der Waals surface area (Å²) in [7, 11) is -1.40. The Morgan fingerprint density at radius 3 is 2.63 bits per heavy atom. The predicted octanol–water partition coefficient (Wildman–Crippen LogP) is 4.81. The summed E-state index contributed by atoms with van der Waals surface area (Å²) in [5.41, 5.74) is 0.333. The van der Waals surface area contributed by atoms with Crippen LogP contribution in [0.15, 0.2) is 39.7 Å². The zero-order chi connectivity index (χ0) is 14.0. The summed E-state index contributed by atoms with van der Waals surface area (Å²) in [4.78, 5) is 12.6. The summed E-state index contributed by atoms with van der Waals surface area (Å²) in [5, 5.41) is 0. The average Bonchev–Trinajstić information content (AvgIpc) is 2.68. The van der Waals surface area contributed by atoms with Crippen molar-refractivity contribution in [2.45, 2.75) is 4.90 Å². The molecule has 0 fully saturated rings. The molecule has 0 amide bonds. The number of thiophene rings is 1. The van der Waals surface area contributed by atoms with Crippen molar-refractivity contribution >= 4 is 67.1 Å². The number of rotatable bonds is 4. The molecule has 100 valence electrons. The summed E-state index contributed by atoms with van der Waals surface area (Å²) in [5.74, 6) is -0.380. The second kappa shape index (κ2) is 6.50. The van der Waals surface area contributed by atoms with E-state index in [0.717, 1.165) is 15.8 Å². The van der Waals surface area contributed by atoms with Crippen molar-refractivity contribution in [1.29, 1.82) is 0 Å². The maximum absolute atomic E-state index is 12.1. The lowest BCUT2D eigenvalue weighted by molar-refractivity contribution is 0.102. The first-order valence-corrected chi connectivity index (χ1v) is 8.78. The molecule has 0 N–H and O–H groups in total. The molecule has 2 nitrogen and oxygen atoms in total. The van der Waals surface area contributed by atoms with Crippen LogP contribution in [0.4, 0.5) is 0 Å². The first kappa shape index (κ1) is 15.2. The average molecular weight is 398 g/mol. The molecule has 0 bridgehead atoms. The van der Waals surface area contributed by atoms with Gasteiger partial charge < -0.3 is 0 Å². The highest BCUT2D eigenvalue weighted by molar-refractivity contribution is 9.10. The molecule has 0 spiro atoms. The number of halogens is 3. The van der Waals surface area contributed by atoms with Crippen molar-refractivity contribution in [3.63, 3.8) is 0 Å². The Labute approximate surface area is 135 Å². The molecule has 0 aliphatic rings. The van der Waals surface area contributed by atoms with Crippen LogP contribution in [0.5, 0.6) is 0 Å². The van der Waals surface area contributed by atoms with Gasteiger partial charge in [-0.1, -0.05) is 45.2 Å². The number of benzene rings is 1.